The number of nitrogens with zero attached hydrogens (tertiary/aromatic N) is 4. The third-order valence-electron chi connectivity index (χ3n) is 4.87. The van der Waals surface area contributed by atoms with Gasteiger partial charge in [-0.05, 0) is 44.4 Å². The van der Waals surface area contributed by atoms with E-state index in [1.54, 1.807) is 11.8 Å². The number of ether oxygens (including phenoxy) is 1. The van der Waals surface area contributed by atoms with E-state index in [4.69, 9.17) is 9.72 Å². The second kappa shape index (κ2) is 8.27. The number of aryl methyl sites for hydroxylation is 1. The van der Waals surface area contributed by atoms with Crippen LogP contribution in [0.25, 0.3) is 11.0 Å². The zero-order valence-corrected chi connectivity index (χ0v) is 16.6. The Morgan fingerprint density at radius 3 is 2.81 bits per heavy atom. The number of anilines is 1. The van der Waals surface area contributed by atoms with Gasteiger partial charge in [-0.15, -0.1) is 0 Å². The van der Waals surface area contributed by atoms with Gasteiger partial charge < -0.3 is 10.1 Å². The SMILES string of the molecule is CSc1nc(NCCc2ccc(C)cc2)c2cnn(C3CCCCO3)c2n1. The highest BCUT2D eigenvalue weighted by molar-refractivity contribution is 7.98. The number of hydrogen-bond donors (Lipinski definition) is 1. The van der Waals surface area contributed by atoms with Gasteiger partial charge in [0, 0.05) is 13.2 Å². The average molecular weight is 384 g/mol. The first-order valence-electron chi connectivity index (χ1n) is 9.45. The molecule has 27 heavy (non-hydrogen) atoms. The Hall–Kier alpha value is -2.12. The van der Waals surface area contributed by atoms with Crippen molar-refractivity contribution in [3.63, 3.8) is 0 Å². The van der Waals surface area contributed by atoms with Crippen molar-refractivity contribution in [1.82, 2.24) is 19.7 Å². The van der Waals surface area contributed by atoms with Crippen LogP contribution in [0, 0.1) is 6.92 Å². The molecule has 142 valence electrons. The van der Waals surface area contributed by atoms with Gasteiger partial charge in [-0.1, -0.05) is 41.6 Å². The van der Waals surface area contributed by atoms with Crippen LogP contribution in [0.5, 0.6) is 0 Å². The molecule has 1 aliphatic heterocycles. The molecule has 1 unspecified atom stereocenters. The van der Waals surface area contributed by atoms with Gasteiger partial charge >= 0.3 is 0 Å². The molecule has 1 fully saturated rings. The van der Waals surface area contributed by atoms with E-state index < -0.39 is 0 Å². The summed E-state index contributed by atoms with van der Waals surface area (Å²) in [4.78, 5) is 9.37. The van der Waals surface area contributed by atoms with Gasteiger partial charge in [0.05, 0.1) is 11.6 Å². The fourth-order valence-electron chi connectivity index (χ4n) is 3.34. The molecule has 0 spiro atoms. The maximum Gasteiger partial charge on any atom is 0.191 e. The molecule has 1 N–H and O–H groups in total. The molecule has 0 radical (unpaired) electrons. The van der Waals surface area contributed by atoms with Crippen LogP contribution in [0.15, 0.2) is 35.6 Å². The molecule has 3 aromatic rings. The Morgan fingerprint density at radius 2 is 2.07 bits per heavy atom. The molecular formula is C20H25N5OS. The van der Waals surface area contributed by atoms with Crippen molar-refractivity contribution in [2.45, 2.75) is 44.0 Å². The Bertz CT molecular complexity index is 903. The summed E-state index contributed by atoms with van der Waals surface area (Å²) < 4.78 is 7.82. The summed E-state index contributed by atoms with van der Waals surface area (Å²) in [5.41, 5.74) is 3.44. The van der Waals surface area contributed by atoms with E-state index in [2.05, 4.69) is 46.6 Å². The smallest absolute Gasteiger partial charge is 0.191 e. The highest BCUT2D eigenvalue weighted by Crippen LogP contribution is 2.29. The van der Waals surface area contributed by atoms with Crippen LogP contribution in [0.4, 0.5) is 5.82 Å². The van der Waals surface area contributed by atoms with Gasteiger partial charge in [-0.3, -0.25) is 0 Å². The number of benzene rings is 1. The molecule has 3 heterocycles. The van der Waals surface area contributed by atoms with E-state index >= 15 is 0 Å². The van der Waals surface area contributed by atoms with Crippen molar-refractivity contribution >= 4 is 28.6 Å². The second-order valence-electron chi connectivity index (χ2n) is 6.87. The van der Waals surface area contributed by atoms with E-state index in [1.165, 1.54) is 11.1 Å². The van der Waals surface area contributed by atoms with Crippen molar-refractivity contribution in [2.24, 2.45) is 0 Å². The molecule has 2 aromatic heterocycles. The first-order valence-corrected chi connectivity index (χ1v) is 10.7. The Balaban J connectivity index is 1.56. The highest BCUT2D eigenvalue weighted by atomic mass is 32.2. The molecule has 1 aliphatic rings. The summed E-state index contributed by atoms with van der Waals surface area (Å²) in [6, 6.07) is 8.66. The maximum absolute atomic E-state index is 5.91. The van der Waals surface area contributed by atoms with Crippen molar-refractivity contribution < 1.29 is 4.74 Å². The van der Waals surface area contributed by atoms with Crippen molar-refractivity contribution in [3.8, 4) is 0 Å². The van der Waals surface area contributed by atoms with E-state index in [9.17, 15) is 0 Å². The minimum absolute atomic E-state index is 0.0266. The average Bonchev–Trinajstić information content (AvgIpc) is 3.14. The van der Waals surface area contributed by atoms with Crippen LogP contribution < -0.4 is 5.32 Å². The quantitative estimate of drug-likeness (QED) is 0.508. The molecular weight excluding hydrogens is 358 g/mol. The minimum atomic E-state index is -0.0266. The predicted octanol–water partition coefficient (Wildman–Crippen LogP) is 4.21. The van der Waals surface area contributed by atoms with Gasteiger partial charge in [0.25, 0.3) is 0 Å². The van der Waals surface area contributed by atoms with Crippen molar-refractivity contribution in [3.05, 3.63) is 41.6 Å². The lowest BCUT2D eigenvalue weighted by Gasteiger charge is -2.23. The molecule has 1 atom stereocenters. The summed E-state index contributed by atoms with van der Waals surface area (Å²) in [7, 11) is 0. The standard InChI is InChI=1S/C20H25N5OS/c1-14-6-8-15(9-7-14)10-11-21-18-16-13-22-25(17-5-3-4-12-26-17)19(16)24-20(23-18)27-2/h6-9,13,17H,3-5,10-12H2,1-2H3,(H,21,23,24). The number of thioether (sulfide) groups is 1. The zero-order chi connectivity index (χ0) is 18.6. The monoisotopic (exact) mass is 383 g/mol. The van der Waals surface area contributed by atoms with E-state index in [0.29, 0.717) is 0 Å². The lowest BCUT2D eigenvalue weighted by Crippen LogP contribution is -2.19. The zero-order valence-electron chi connectivity index (χ0n) is 15.8. The topological polar surface area (TPSA) is 64.9 Å². The van der Waals surface area contributed by atoms with Crippen molar-refractivity contribution in [2.75, 3.05) is 24.7 Å². The molecule has 7 heteroatoms. The Labute approximate surface area is 163 Å². The number of fused-ring (bicyclic) bond motifs is 1. The summed E-state index contributed by atoms with van der Waals surface area (Å²) in [6.45, 7) is 3.71. The van der Waals surface area contributed by atoms with Crippen LogP contribution in [0.3, 0.4) is 0 Å². The molecule has 0 aliphatic carbocycles. The number of aromatic nitrogens is 4. The Kier molecular flexibility index (Phi) is 5.59. The largest absolute Gasteiger partial charge is 0.369 e. The fourth-order valence-corrected chi connectivity index (χ4v) is 3.70. The second-order valence-corrected chi connectivity index (χ2v) is 7.64. The molecule has 1 aromatic carbocycles. The highest BCUT2D eigenvalue weighted by Gasteiger charge is 2.21. The van der Waals surface area contributed by atoms with Crippen LogP contribution in [-0.2, 0) is 11.2 Å². The van der Waals surface area contributed by atoms with Crippen LogP contribution in [0.2, 0.25) is 0 Å². The number of rotatable bonds is 6. The van der Waals surface area contributed by atoms with E-state index in [0.717, 1.165) is 60.8 Å². The third-order valence-corrected chi connectivity index (χ3v) is 5.42. The predicted molar refractivity (Wildman–Crippen MR) is 109 cm³/mol. The fraction of sp³-hybridized carbons (Fsp3) is 0.450. The van der Waals surface area contributed by atoms with Gasteiger partial charge in [0.2, 0.25) is 0 Å². The summed E-state index contributed by atoms with van der Waals surface area (Å²) in [5.74, 6) is 0.846. The van der Waals surface area contributed by atoms with Gasteiger partial charge in [-0.25, -0.2) is 14.6 Å². The lowest BCUT2D eigenvalue weighted by atomic mass is 10.1. The lowest BCUT2D eigenvalue weighted by molar-refractivity contribution is -0.0370. The van der Waals surface area contributed by atoms with Gasteiger partial charge in [0.15, 0.2) is 17.0 Å². The van der Waals surface area contributed by atoms with Gasteiger partial charge in [0.1, 0.15) is 5.82 Å². The van der Waals surface area contributed by atoms with Crippen LogP contribution >= 0.6 is 11.8 Å². The summed E-state index contributed by atoms with van der Waals surface area (Å²) in [6.07, 6.45) is 8.02. The number of nitrogens with one attached hydrogen (secondary N) is 1. The summed E-state index contributed by atoms with van der Waals surface area (Å²) >= 11 is 1.54. The molecule has 0 bridgehead atoms. The Morgan fingerprint density at radius 1 is 1.22 bits per heavy atom. The molecule has 4 rings (SSSR count). The third kappa shape index (κ3) is 4.09. The number of hydrogen-bond acceptors (Lipinski definition) is 6. The van der Waals surface area contributed by atoms with Gasteiger partial charge in [-0.2, -0.15) is 5.10 Å². The molecule has 1 saturated heterocycles. The van der Waals surface area contributed by atoms with Crippen LogP contribution in [-0.4, -0.2) is 39.2 Å². The molecule has 0 saturated carbocycles. The molecule has 0 amide bonds. The van der Waals surface area contributed by atoms with E-state index in [1.807, 2.05) is 17.1 Å². The molecule has 6 nitrogen and oxygen atoms in total. The van der Waals surface area contributed by atoms with Crippen molar-refractivity contribution in [1.29, 1.82) is 0 Å². The normalized spacial score (nSPS) is 17.3. The summed E-state index contributed by atoms with van der Waals surface area (Å²) in [5, 5.41) is 9.75. The first kappa shape index (κ1) is 18.3. The minimum Gasteiger partial charge on any atom is -0.369 e. The first-order chi connectivity index (χ1) is 13.2. The van der Waals surface area contributed by atoms with E-state index in [-0.39, 0.29) is 6.23 Å². The van der Waals surface area contributed by atoms with Crippen LogP contribution in [0.1, 0.15) is 36.6 Å². The maximum atomic E-state index is 5.91.